The minimum atomic E-state index is -0.557. The van der Waals surface area contributed by atoms with Gasteiger partial charge in [-0.2, -0.15) is 0 Å². The zero-order chi connectivity index (χ0) is 16.3. The van der Waals surface area contributed by atoms with Crippen molar-refractivity contribution >= 4 is 35.4 Å². The minimum Gasteiger partial charge on any atom is -0.357 e. The molecule has 8 nitrogen and oxygen atoms in total. The van der Waals surface area contributed by atoms with E-state index in [1.165, 1.54) is 23.7 Å². The number of nitrogens with zero attached hydrogens (tertiary/aromatic N) is 1. The number of carbonyl (C=O) groups is 4. The molecule has 3 atom stereocenters. The Morgan fingerprint density at radius 1 is 1.36 bits per heavy atom. The molecule has 0 aromatic rings. The fraction of sp³-hybridized carbons (Fsp3) is 0.692. The molecule has 2 rings (SSSR count). The summed E-state index contributed by atoms with van der Waals surface area (Å²) in [7, 11) is 1.51. The predicted molar refractivity (Wildman–Crippen MR) is 81.0 cm³/mol. The molecule has 22 heavy (non-hydrogen) atoms. The standard InChI is InChI=1S/C13H20N4O4S/c1-3-15-12(20)8-5-17(8)10(18)4-9-13(21)16-7(6-22-9)11(19)14-2/h7-9H,3-6H2,1-2H3,(H,14,19)(H,15,20)(H,16,21). The summed E-state index contributed by atoms with van der Waals surface area (Å²) in [6.45, 7) is 2.75. The van der Waals surface area contributed by atoms with E-state index in [1.807, 2.05) is 6.92 Å². The molecule has 3 unspecified atom stereocenters. The molecule has 2 aliphatic heterocycles. The van der Waals surface area contributed by atoms with Crippen LogP contribution in [0.4, 0.5) is 0 Å². The van der Waals surface area contributed by atoms with E-state index < -0.39 is 17.3 Å². The van der Waals surface area contributed by atoms with Gasteiger partial charge in [0.25, 0.3) is 0 Å². The van der Waals surface area contributed by atoms with E-state index in [0.717, 1.165) is 0 Å². The van der Waals surface area contributed by atoms with Crippen molar-refractivity contribution in [1.82, 2.24) is 20.9 Å². The Balaban J connectivity index is 1.80. The molecule has 2 heterocycles. The summed E-state index contributed by atoms with van der Waals surface area (Å²) in [5.74, 6) is -0.482. The lowest BCUT2D eigenvalue weighted by molar-refractivity contribution is -0.132. The summed E-state index contributed by atoms with van der Waals surface area (Å²) in [4.78, 5) is 48.6. The fourth-order valence-electron chi connectivity index (χ4n) is 2.27. The van der Waals surface area contributed by atoms with Gasteiger partial charge < -0.3 is 20.9 Å². The third-order valence-electron chi connectivity index (χ3n) is 3.58. The largest absolute Gasteiger partial charge is 0.357 e. The van der Waals surface area contributed by atoms with Crippen LogP contribution in [0.1, 0.15) is 13.3 Å². The number of nitrogens with one attached hydrogen (secondary N) is 3. The van der Waals surface area contributed by atoms with Gasteiger partial charge in [-0.1, -0.05) is 0 Å². The Bertz CT molecular complexity index is 498. The smallest absolute Gasteiger partial charge is 0.244 e. The topological polar surface area (TPSA) is 107 Å². The third kappa shape index (κ3) is 3.70. The molecule has 9 heteroatoms. The van der Waals surface area contributed by atoms with Gasteiger partial charge in [-0.25, -0.2) is 0 Å². The average molecular weight is 328 g/mol. The lowest BCUT2D eigenvalue weighted by Gasteiger charge is -2.27. The molecule has 2 fully saturated rings. The quantitative estimate of drug-likeness (QED) is 0.510. The molecule has 0 spiro atoms. The molecule has 0 bridgehead atoms. The van der Waals surface area contributed by atoms with Gasteiger partial charge in [0.1, 0.15) is 12.1 Å². The maximum Gasteiger partial charge on any atom is 0.244 e. The van der Waals surface area contributed by atoms with Crippen molar-refractivity contribution in [2.75, 3.05) is 25.9 Å². The maximum absolute atomic E-state index is 12.1. The number of carbonyl (C=O) groups excluding carboxylic acids is 4. The monoisotopic (exact) mass is 328 g/mol. The number of thioether (sulfide) groups is 1. The highest BCUT2D eigenvalue weighted by Gasteiger charge is 2.45. The Morgan fingerprint density at radius 2 is 2.09 bits per heavy atom. The Hall–Kier alpha value is -1.77. The first kappa shape index (κ1) is 16.6. The van der Waals surface area contributed by atoms with E-state index in [0.29, 0.717) is 18.8 Å². The van der Waals surface area contributed by atoms with E-state index >= 15 is 0 Å². The van der Waals surface area contributed by atoms with Gasteiger partial charge in [0, 0.05) is 25.8 Å². The summed E-state index contributed by atoms with van der Waals surface area (Å²) in [5.41, 5.74) is 0. The van der Waals surface area contributed by atoms with Crippen molar-refractivity contribution < 1.29 is 19.2 Å². The van der Waals surface area contributed by atoms with E-state index in [1.54, 1.807) is 0 Å². The van der Waals surface area contributed by atoms with Crippen LogP contribution < -0.4 is 16.0 Å². The number of likely N-dealkylation sites (N-methyl/N-ethyl adjacent to an activating group) is 2. The predicted octanol–water partition coefficient (Wildman–Crippen LogP) is -1.93. The first-order valence-electron chi connectivity index (χ1n) is 7.18. The molecule has 122 valence electrons. The van der Waals surface area contributed by atoms with E-state index in [2.05, 4.69) is 16.0 Å². The number of rotatable bonds is 5. The number of hydrogen-bond acceptors (Lipinski definition) is 5. The number of hydrogen-bond donors (Lipinski definition) is 3. The Kier molecular flexibility index (Phi) is 5.28. The SMILES string of the molecule is CCNC(=O)C1CN1C(=O)CC1SCC(C(=O)NC)NC1=O. The summed E-state index contributed by atoms with van der Waals surface area (Å²) in [5, 5.41) is 7.25. The van der Waals surface area contributed by atoms with Gasteiger partial charge in [0.2, 0.25) is 23.6 Å². The zero-order valence-corrected chi connectivity index (χ0v) is 13.4. The van der Waals surface area contributed by atoms with Gasteiger partial charge in [-0.05, 0) is 6.92 Å². The van der Waals surface area contributed by atoms with Gasteiger partial charge in [-0.15, -0.1) is 11.8 Å². The van der Waals surface area contributed by atoms with E-state index in [9.17, 15) is 19.2 Å². The van der Waals surface area contributed by atoms with Crippen LogP contribution in [0.5, 0.6) is 0 Å². The molecule has 0 aliphatic carbocycles. The Labute approximate surface area is 132 Å². The van der Waals surface area contributed by atoms with E-state index in [4.69, 9.17) is 0 Å². The molecule has 3 N–H and O–H groups in total. The molecule has 0 aromatic carbocycles. The van der Waals surface area contributed by atoms with Crippen LogP contribution in [0, 0.1) is 0 Å². The van der Waals surface area contributed by atoms with Crippen molar-refractivity contribution in [2.24, 2.45) is 0 Å². The van der Waals surface area contributed by atoms with Crippen LogP contribution in [-0.2, 0) is 19.2 Å². The summed E-state index contributed by atoms with van der Waals surface area (Å²) >= 11 is 1.30. The van der Waals surface area contributed by atoms with Crippen molar-refractivity contribution in [1.29, 1.82) is 0 Å². The van der Waals surface area contributed by atoms with Crippen LogP contribution in [0.15, 0.2) is 0 Å². The van der Waals surface area contributed by atoms with E-state index in [-0.39, 0.29) is 30.0 Å². The highest BCUT2D eigenvalue weighted by Crippen LogP contribution is 2.25. The third-order valence-corrected chi connectivity index (χ3v) is 4.89. The molecule has 0 saturated carbocycles. The van der Waals surface area contributed by atoms with Crippen molar-refractivity contribution in [3.63, 3.8) is 0 Å². The Morgan fingerprint density at radius 3 is 2.68 bits per heavy atom. The maximum atomic E-state index is 12.1. The molecular formula is C13H20N4O4S. The highest BCUT2D eigenvalue weighted by atomic mass is 32.2. The normalized spacial score (nSPS) is 26.9. The minimum absolute atomic E-state index is 0.0485. The summed E-state index contributed by atoms with van der Waals surface area (Å²) < 4.78 is 0. The molecule has 2 aliphatic rings. The summed E-state index contributed by atoms with van der Waals surface area (Å²) in [6, 6.07) is -0.958. The average Bonchev–Trinajstić information content (AvgIpc) is 3.29. The number of amides is 4. The first-order chi connectivity index (χ1) is 10.5. The van der Waals surface area contributed by atoms with Gasteiger partial charge in [0.05, 0.1) is 11.8 Å². The second-order valence-corrected chi connectivity index (χ2v) is 6.39. The molecule has 4 amide bonds. The van der Waals surface area contributed by atoms with Gasteiger partial charge in [-0.3, -0.25) is 19.2 Å². The summed E-state index contributed by atoms with van der Waals surface area (Å²) in [6.07, 6.45) is 0.0485. The van der Waals surface area contributed by atoms with Gasteiger partial charge in [0.15, 0.2) is 0 Å². The van der Waals surface area contributed by atoms with Crippen LogP contribution in [0.25, 0.3) is 0 Å². The van der Waals surface area contributed by atoms with Crippen molar-refractivity contribution in [3.05, 3.63) is 0 Å². The fourth-order valence-corrected chi connectivity index (χ4v) is 3.41. The van der Waals surface area contributed by atoms with Crippen LogP contribution in [0.2, 0.25) is 0 Å². The second-order valence-electron chi connectivity index (χ2n) is 5.16. The highest BCUT2D eigenvalue weighted by molar-refractivity contribution is 8.00. The van der Waals surface area contributed by atoms with Crippen molar-refractivity contribution in [3.8, 4) is 0 Å². The lowest BCUT2D eigenvalue weighted by Crippen LogP contribution is -2.54. The van der Waals surface area contributed by atoms with Crippen LogP contribution in [-0.4, -0.2) is 71.8 Å². The molecule has 0 radical (unpaired) electrons. The molecular weight excluding hydrogens is 308 g/mol. The molecule has 2 saturated heterocycles. The van der Waals surface area contributed by atoms with Crippen molar-refractivity contribution in [2.45, 2.75) is 30.7 Å². The van der Waals surface area contributed by atoms with Gasteiger partial charge >= 0.3 is 0 Å². The first-order valence-corrected chi connectivity index (χ1v) is 8.23. The second kappa shape index (κ2) is 6.99. The van der Waals surface area contributed by atoms with Crippen LogP contribution in [0.3, 0.4) is 0 Å². The lowest BCUT2D eigenvalue weighted by atomic mass is 10.2. The zero-order valence-electron chi connectivity index (χ0n) is 12.5. The molecule has 0 aromatic heterocycles. The van der Waals surface area contributed by atoms with Crippen LogP contribution >= 0.6 is 11.8 Å².